The number of hydrogen-bond donors (Lipinski definition) is 1. The van der Waals surface area contributed by atoms with Gasteiger partial charge in [-0.1, -0.05) is 18.7 Å². The molecule has 0 saturated carbocycles. The molecule has 0 atom stereocenters. The molecule has 0 aliphatic heterocycles. The Morgan fingerprint density at radius 1 is 1.14 bits per heavy atom. The third-order valence-corrected chi connectivity index (χ3v) is 4.95. The Morgan fingerprint density at radius 2 is 1.86 bits per heavy atom. The largest absolute Gasteiger partial charge is 0.465 e. The molecule has 5 nitrogen and oxygen atoms in total. The van der Waals surface area contributed by atoms with Gasteiger partial charge < -0.3 is 14.5 Å². The van der Waals surface area contributed by atoms with Crippen molar-refractivity contribution in [2.24, 2.45) is 0 Å². The standard InChI is InChI=1S/C21H19F2NO4S/c1-3-29-19-11-18(25)17-7-13(21(26)27-2)6-12(20(17)28-19)4-5-24-16-9-14(22)8-15(23)10-16/h6-11,24H,3-5H2,1-2H3. The summed E-state index contributed by atoms with van der Waals surface area (Å²) in [4.78, 5) is 24.5. The molecule has 152 valence electrons. The first-order valence-electron chi connectivity index (χ1n) is 8.93. The van der Waals surface area contributed by atoms with Crippen LogP contribution in [0.1, 0.15) is 22.8 Å². The van der Waals surface area contributed by atoms with Crippen molar-refractivity contribution in [1.29, 1.82) is 0 Å². The number of anilines is 1. The van der Waals surface area contributed by atoms with E-state index >= 15 is 0 Å². The highest BCUT2D eigenvalue weighted by atomic mass is 32.2. The molecular weight excluding hydrogens is 400 g/mol. The fourth-order valence-electron chi connectivity index (χ4n) is 2.94. The second-order valence-corrected chi connectivity index (χ2v) is 7.47. The van der Waals surface area contributed by atoms with Crippen LogP contribution in [0.15, 0.2) is 50.7 Å². The monoisotopic (exact) mass is 419 g/mol. The van der Waals surface area contributed by atoms with Crippen molar-refractivity contribution < 1.29 is 22.7 Å². The van der Waals surface area contributed by atoms with Gasteiger partial charge in [-0.3, -0.25) is 4.79 Å². The van der Waals surface area contributed by atoms with Gasteiger partial charge in [-0.2, -0.15) is 0 Å². The van der Waals surface area contributed by atoms with Gasteiger partial charge in [0.25, 0.3) is 0 Å². The van der Waals surface area contributed by atoms with E-state index < -0.39 is 17.6 Å². The molecule has 0 bridgehead atoms. The lowest BCUT2D eigenvalue weighted by atomic mass is 10.0. The van der Waals surface area contributed by atoms with Crippen LogP contribution in [0.3, 0.4) is 0 Å². The molecule has 1 heterocycles. The van der Waals surface area contributed by atoms with E-state index in [9.17, 15) is 18.4 Å². The van der Waals surface area contributed by atoms with Crippen molar-refractivity contribution in [1.82, 2.24) is 0 Å². The summed E-state index contributed by atoms with van der Waals surface area (Å²) < 4.78 is 37.3. The highest BCUT2D eigenvalue weighted by molar-refractivity contribution is 7.99. The van der Waals surface area contributed by atoms with E-state index in [2.05, 4.69) is 5.32 Å². The summed E-state index contributed by atoms with van der Waals surface area (Å²) in [5, 5.41) is 3.70. The number of halogens is 2. The molecule has 0 saturated heterocycles. The number of carbonyl (C=O) groups is 1. The van der Waals surface area contributed by atoms with Gasteiger partial charge in [-0.05, 0) is 42.0 Å². The van der Waals surface area contributed by atoms with E-state index in [1.165, 1.54) is 43.1 Å². The van der Waals surface area contributed by atoms with Crippen LogP contribution in [-0.2, 0) is 11.2 Å². The van der Waals surface area contributed by atoms with Gasteiger partial charge in [-0.25, -0.2) is 13.6 Å². The highest BCUT2D eigenvalue weighted by Gasteiger charge is 2.15. The van der Waals surface area contributed by atoms with Gasteiger partial charge in [0.15, 0.2) is 10.5 Å². The van der Waals surface area contributed by atoms with Crippen molar-refractivity contribution in [3.8, 4) is 0 Å². The summed E-state index contributed by atoms with van der Waals surface area (Å²) in [5.74, 6) is -1.20. The summed E-state index contributed by atoms with van der Waals surface area (Å²) in [5.41, 5.74) is 1.26. The molecule has 0 fully saturated rings. The maximum absolute atomic E-state index is 13.3. The molecule has 1 N–H and O–H groups in total. The molecule has 0 radical (unpaired) electrons. The van der Waals surface area contributed by atoms with E-state index in [-0.39, 0.29) is 16.4 Å². The molecule has 0 spiro atoms. The van der Waals surface area contributed by atoms with E-state index in [1.54, 1.807) is 6.07 Å². The highest BCUT2D eigenvalue weighted by Crippen LogP contribution is 2.26. The lowest BCUT2D eigenvalue weighted by Crippen LogP contribution is -2.10. The number of nitrogens with one attached hydrogen (secondary N) is 1. The van der Waals surface area contributed by atoms with E-state index in [4.69, 9.17) is 9.15 Å². The number of hydrogen-bond acceptors (Lipinski definition) is 6. The number of fused-ring (bicyclic) bond motifs is 1. The minimum atomic E-state index is -0.683. The third-order valence-electron chi connectivity index (χ3n) is 4.18. The molecule has 0 unspecified atom stereocenters. The van der Waals surface area contributed by atoms with Crippen LogP contribution in [0.2, 0.25) is 0 Å². The Kier molecular flexibility index (Phi) is 6.53. The molecule has 29 heavy (non-hydrogen) atoms. The number of rotatable bonds is 7. The first-order chi connectivity index (χ1) is 13.9. The zero-order valence-electron chi connectivity index (χ0n) is 15.9. The van der Waals surface area contributed by atoms with Gasteiger partial charge in [-0.15, -0.1) is 0 Å². The maximum atomic E-state index is 13.3. The van der Waals surface area contributed by atoms with Crippen LogP contribution in [-0.4, -0.2) is 25.4 Å². The molecule has 2 aromatic carbocycles. The SMILES string of the molecule is CCSc1cc(=O)c2cc(C(=O)OC)cc(CCNc3cc(F)cc(F)c3)c2o1. The van der Waals surface area contributed by atoms with Crippen molar-refractivity contribution in [3.05, 3.63) is 69.4 Å². The smallest absolute Gasteiger partial charge is 0.337 e. The number of thioether (sulfide) groups is 1. The van der Waals surface area contributed by atoms with E-state index in [0.29, 0.717) is 34.9 Å². The van der Waals surface area contributed by atoms with Crippen LogP contribution in [0, 0.1) is 11.6 Å². The molecule has 1 aromatic heterocycles. The number of benzene rings is 2. The quantitative estimate of drug-likeness (QED) is 0.445. The number of methoxy groups -OCH3 is 1. The van der Waals surface area contributed by atoms with Crippen LogP contribution in [0.4, 0.5) is 14.5 Å². The van der Waals surface area contributed by atoms with Gasteiger partial charge in [0.1, 0.15) is 17.2 Å². The third kappa shape index (κ3) is 4.95. The predicted molar refractivity (Wildman–Crippen MR) is 109 cm³/mol. The topological polar surface area (TPSA) is 68.5 Å². The summed E-state index contributed by atoms with van der Waals surface area (Å²) in [6.45, 7) is 2.25. The van der Waals surface area contributed by atoms with Crippen LogP contribution < -0.4 is 10.7 Å². The summed E-state index contributed by atoms with van der Waals surface area (Å²) >= 11 is 1.39. The fraction of sp³-hybridized carbons (Fsp3) is 0.238. The van der Waals surface area contributed by atoms with Crippen LogP contribution in [0.25, 0.3) is 11.0 Å². The summed E-state index contributed by atoms with van der Waals surface area (Å²) in [7, 11) is 1.26. The van der Waals surface area contributed by atoms with Crippen molar-refractivity contribution in [3.63, 3.8) is 0 Å². The molecule has 0 aliphatic carbocycles. The summed E-state index contributed by atoms with van der Waals surface area (Å²) in [6, 6.07) is 7.61. The number of carbonyl (C=O) groups excluding carboxylic acids is 1. The fourth-order valence-corrected chi connectivity index (χ4v) is 3.56. The summed E-state index contributed by atoms with van der Waals surface area (Å²) in [6.07, 6.45) is 0.350. The van der Waals surface area contributed by atoms with Crippen LogP contribution in [0.5, 0.6) is 0 Å². The minimum Gasteiger partial charge on any atom is -0.465 e. The van der Waals surface area contributed by atoms with Crippen molar-refractivity contribution >= 4 is 34.4 Å². The van der Waals surface area contributed by atoms with E-state index in [0.717, 1.165) is 11.8 Å². The molecular formula is C21H19F2NO4S. The number of ether oxygens (including phenoxy) is 1. The Balaban J connectivity index is 1.96. The molecule has 3 rings (SSSR count). The lowest BCUT2D eigenvalue weighted by Gasteiger charge is -2.11. The van der Waals surface area contributed by atoms with Crippen LogP contribution >= 0.6 is 11.8 Å². The minimum absolute atomic E-state index is 0.231. The second kappa shape index (κ2) is 9.09. The average molecular weight is 419 g/mol. The lowest BCUT2D eigenvalue weighted by molar-refractivity contribution is 0.0601. The molecule has 8 heteroatoms. The van der Waals surface area contributed by atoms with Gasteiger partial charge in [0.05, 0.1) is 18.1 Å². The molecule has 3 aromatic rings. The average Bonchev–Trinajstić information content (AvgIpc) is 2.67. The predicted octanol–water partition coefficient (Wildman–Crippen LogP) is 4.62. The first-order valence-corrected chi connectivity index (χ1v) is 9.91. The second-order valence-electron chi connectivity index (χ2n) is 6.20. The first kappa shape index (κ1) is 20.9. The maximum Gasteiger partial charge on any atom is 0.337 e. The van der Waals surface area contributed by atoms with Gasteiger partial charge >= 0.3 is 5.97 Å². The Bertz CT molecular complexity index is 1090. The van der Waals surface area contributed by atoms with Gasteiger partial charge in [0, 0.05) is 24.4 Å². The molecule has 0 aliphatic rings. The van der Waals surface area contributed by atoms with Gasteiger partial charge in [0.2, 0.25) is 0 Å². The normalized spacial score (nSPS) is 10.9. The van der Waals surface area contributed by atoms with Crippen molar-refractivity contribution in [2.75, 3.05) is 24.7 Å². The number of esters is 1. The molecule has 0 amide bonds. The zero-order valence-corrected chi connectivity index (χ0v) is 16.7. The Hall–Kier alpha value is -2.87. The van der Waals surface area contributed by atoms with E-state index in [1.807, 2.05) is 6.92 Å². The Morgan fingerprint density at radius 3 is 2.52 bits per heavy atom. The van der Waals surface area contributed by atoms with Crippen molar-refractivity contribution in [2.45, 2.75) is 18.4 Å². The Labute approximate surface area is 170 Å². The zero-order chi connectivity index (χ0) is 21.0.